The summed E-state index contributed by atoms with van der Waals surface area (Å²) in [6.45, 7) is 0.403. The molecule has 9 heteroatoms. The summed E-state index contributed by atoms with van der Waals surface area (Å²) in [4.78, 5) is 37.9. The number of methoxy groups -OCH3 is 3. The lowest BCUT2D eigenvalue weighted by Gasteiger charge is -2.13. The zero-order chi connectivity index (χ0) is 20.3. The SMILES string of the molecule is COc1cc(/C=C2\SC(=O)N(CCNC(=O)C3CC3)C2=O)cc(OC)c1OC. The number of amides is 3. The lowest BCUT2D eigenvalue weighted by atomic mass is 10.1. The molecule has 1 N–H and O–H groups in total. The average molecular weight is 406 g/mol. The number of hydrogen-bond donors (Lipinski definition) is 1. The van der Waals surface area contributed by atoms with E-state index in [0.717, 1.165) is 29.5 Å². The highest BCUT2D eigenvalue weighted by Gasteiger charge is 2.35. The Bertz CT molecular complexity index is 809. The second kappa shape index (κ2) is 8.55. The van der Waals surface area contributed by atoms with Crippen molar-refractivity contribution < 1.29 is 28.6 Å². The fraction of sp³-hybridized carbons (Fsp3) is 0.421. The number of benzene rings is 1. The topological polar surface area (TPSA) is 94.2 Å². The molecule has 150 valence electrons. The van der Waals surface area contributed by atoms with Crippen molar-refractivity contribution in [2.75, 3.05) is 34.4 Å². The second-order valence-electron chi connectivity index (χ2n) is 6.36. The highest BCUT2D eigenvalue weighted by Crippen LogP contribution is 2.40. The van der Waals surface area contributed by atoms with E-state index in [1.807, 2.05) is 0 Å². The third kappa shape index (κ3) is 4.24. The van der Waals surface area contributed by atoms with Crippen LogP contribution in [-0.2, 0) is 9.59 Å². The zero-order valence-electron chi connectivity index (χ0n) is 15.9. The van der Waals surface area contributed by atoms with Gasteiger partial charge in [-0.15, -0.1) is 0 Å². The van der Waals surface area contributed by atoms with E-state index in [4.69, 9.17) is 14.2 Å². The Hall–Kier alpha value is -2.68. The van der Waals surface area contributed by atoms with E-state index < -0.39 is 0 Å². The molecule has 0 atom stereocenters. The summed E-state index contributed by atoms with van der Waals surface area (Å²) in [5, 5.41) is 2.40. The molecule has 3 amide bonds. The lowest BCUT2D eigenvalue weighted by molar-refractivity contribution is -0.124. The van der Waals surface area contributed by atoms with E-state index in [1.165, 1.54) is 21.3 Å². The van der Waals surface area contributed by atoms with Crippen LogP contribution in [0.1, 0.15) is 18.4 Å². The number of imide groups is 1. The quantitative estimate of drug-likeness (QED) is 0.662. The maximum atomic E-state index is 12.6. The van der Waals surface area contributed by atoms with E-state index in [1.54, 1.807) is 18.2 Å². The van der Waals surface area contributed by atoms with Crippen molar-refractivity contribution in [3.05, 3.63) is 22.6 Å². The molecule has 2 fully saturated rings. The van der Waals surface area contributed by atoms with Gasteiger partial charge in [0.2, 0.25) is 11.7 Å². The van der Waals surface area contributed by atoms with E-state index in [-0.39, 0.29) is 36.1 Å². The van der Waals surface area contributed by atoms with Crippen molar-refractivity contribution in [2.45, 2.75) is 12.8 Å². The Morgan fingerprint density at radius 2 is 1.82 bits per heavy atom. The summed E-state index contributed by atoms with van der Waals surface area (Å²) in [5.74, 6) is 1.05. The Kier molecular flexibility index (Phi) is 6.13. The van der Waals surface area contributed by atoms with Gasteiger partial charge in [-0.05, 0) is 48.4 Å². The number of nitrogens with zero attached hydrogens (tertiary/aromatic N) is 1. The number of thioether (sulfide) groups is 1. The van der Waals surface area contributed by atoms with Crippen LogP contribution in [0.3, 0.4) is 0 Å². The first-order valence-corrected chi connectivity index (χ1v) is 9.63. The molecule has 1 aromatic carbocycles. The molecule has 0 spiro atoms. The van der Waals surface area contributed by atoms with E-state index in [0.29, 0.717) is 27.7 Å². The molecular weight excluding hydrogens is 384 g/mol. The molecule has 28 heavy (non-hydrogen) atoms. The van der Waals surface area contributed by atoms with E-state index >= 15 is 0 Å². The molecule has 1 aromatic rings. The summed E-state index contributed by atoms with van der Waals surface area (Å²) in [6.07, 6.45) is 3.42. The van der Waals surface area contributed by atoms with Gasteiger partial charge in [0.15, 0.2) is 11.5 Å². The Labute approximate surface area is 167 Å². The first-order chi connectivity index (χ1) is 13.5. The largest absolute Gasteiger partial charge is 0.493 e. The number of carbonyl (C=O) groups excluding carboxylic acids is 3. The van der Waals surface area contributed by atoms with Gasteiger partial charge in [-0.1, -0.05) is 0 Å². The molecule has 1 aliphatic heterocycles. The summed E-state index contributed by atoms with van der Waals surface area (Å²) in [5.41, 5.74) is 0.641. The molecule has 3 rings (SSSR count). The maximum Gasteiger partial charge on any atom is 0.293 e. The smallest absolute Gasteiger partial charge is 0.293 e. The van der Waals surface area contributed by atoms with E-state index in [9.17, 15) is 14.4 Å². The fourth-order valence-electron chi connectivity index (χ4n) is 2.81. The summed E-state index contributed by atoms with van der Waals surface area (Å²) in [6, 6.07) is 3.40. The van der Waals surface area contributed by atoms with Crippen molar-refractivity contribution in [2.24, 2.45) is 5.92 Å². The highest BCUT2D eigenvalue weighted by molar-refractivity contribution is 8.18. The predicted molar refractivity (Wildman–Crippen MR) is 105 cm³/mol. The van der Waals surface area contributed by atoms with Crippen LogP contribution in [0.5, 0.6) is 17.2 Å². The van der Waals surface area contributed by atoms with Crippen molar-refractivity contribution in [3.63, 3.8) is 0 Å². The van der Waals surface area contributed by atoms with Gasteiger partial charge in [0, 0.05) is 19.0 Å². The van der Waals surface area contributed by atoms with Crippen LogP contribution in [0, 0.1) is 5.92 Å². The molecular formula is C19H22N2O6S. The molecule has 2 aliphatic rings. The van der Waals surface area contributed by atoms with Crippen LogP contribution in [0.25, 0.3) is 6.08 Å². The summed E-state index contributed by atoms with van der Waals surface area (Å²) >= 11 is 0.864. The van der Waals surface area contributed by atoms with Crippen LogP contribution in [0.15, 0.2) is 17.0 Å². The number of carbonyl (C=O) groups is 3. The Morgan fingerprint density at radius 1 is 1.18 bits per heavy atom. The highest BCUT2D eigenvalue weighted by atomic mass is 32.2. The molecule has 8 nitrogen and oxygen atoms in total. The van der Waals surface area contributed by atoms with Gasteiger partial charge in [-0.2, -0.15) is 0 Å². The van der Waals surface area contributed by atoms with Gasteiger partial charge in [0.1, 0.15) is 0 Å². The van der Waals surface area contributed by atoms with Gasteiger partial charge in [-0.25, -0.2) is 0 Å². The summed E-state index contributed by atoms with van der Waals surface area (Å²) in [7, 11) is 4.52. The molecule has 0 unspecified atom stereocenters. The monoisotopic (exact) mass is 406 g/mol. The number of hydrogen-bond acceptors (Lipinski definition) is 7. The molecule has 1 saturated carbocycles. The standard InChI is InChI=1S/C19H22N2O6S/c1-25-13-8-11(9-14(26-2)16(13)27-3)10-15-18(23)21(19(24)28-15)7-6-20-17(22)12-4-5-12/h8-10,12H,4-7H2,1-3H3,(H,20,22)/b15-10-. The molecule has 0 radical (unpaired) electrons. The van der Waals surface area contributed by atoms with Gasteiger partial charge in [0.25, 0.3) is 11.1 Å². The van der Waals surface area contributed by atoms with Crippen LogP contribution in [-0.4, -0.2) is 56.4 Å². The zero-order valence-corrected chi connectivity index (χ0v) is 16.8. The average Bonchev–Trinajstić information content (AvgIpc) is 3.50. The number of rotatable bonds is 8. The third-order valence-corrected chi connectivity index (χ3v) is 5.35. The van der Waals surface area contributed by atoms with Gasteiger partial charge < -0.3 is 19.5 Å². The minimum Gasteiger partial charge on any atom is -0.493 e. The van der Waals surface area contributed by atoms with Gasteiger partial charge in [-0.3, -0.25) is 19.3 Å². The third-order valence-electron chi connectivity index (χ3n) is 4.44. The first-order valence-electron chi connectivity index (χ1n) is 8.81. The van der Waals surface area contributed by atoms with Crippen LogP contribution in [0.4, 0.5) is 4.79 Å². The first kappa shape index (κ1) is 20.1. The van der Waals surface area contributed by atoms with Crippen molar-refractivity contribution in [1.82, 2.24) is 10.2 Å². The Morgan fingerprint density at radius 3 is 2.36 bits per heavy atom. The Balaban J connectivity index is 1.72. The minimum atomic E-state index is -0.385. The molecule has 1 saturated heterocycles. The second-order valence-corrected chi connectivity index (χ2v) is 7.35. The lowest BCUT2D eigenvalue weighted by Crippen LogP contribution is -2.37. The van der Waals surface area contributed by atoms with E-state index in [2.05, 4.69) is 5.32 Å². The van der Waals surface area contributed by atoms with Gasteiger partial charge >= 0.3 is 0 Å². The molecule has 1 heterocycles. The number of ether oxygens (including phenoxy) is 3. The van der Waals surface area contributed by atoms with Crippen LogP contribution >= 0.6 is 11.8 Å². The van der Waals surface area contributed by atoms with Crippen LogP contribution < -0.4 is 19.5 Å². The molecule has 0 bridgehead atoms. The fourth-order valence-corrected chi connectivity index (χ4v) is 3.67. The maximum absolute atomic E-state index is 12.6. The van der Waals surface area contributed by atoms with Crippen LogP contribution in [0.2, 0.25) is 0 Å². The molecule has 0 aromatic heterocycles. The van der Waals surface area contributed by atoms with Crippen molar-refractivity contribution in [3.8, 4) is 17.2 Å². The number of nitrogens with one attached hydrogen (secondary N) is 1. The minimum absolute atomic E-state index is 0.0139. The molecule has 1 aliphatic carbocycles. The normalized spacial score (nSPS) is 17.8. The van der Waals surface area contributed by atoms with Crippen molar-refractivity contribution in [1.29, 1.82) is 0 Å². The van der Waals surface area contributed by atoms with Gasteiger partial charge in [0.05, 0.1) is 26.2 Å². The summed E-state index contributed by atoms with van der Waals surface area (Å²) < 4.78 is 15.9. The van der Waals surface area contributed by atoms with Crippen molar-refractivity contribution >= 4 is 34.9 Å². The predicted octanol–water partition coefficient (Wildman–Crippen LogP) is 2.27.